The van der Waals surface area contributed by atoms with E-state index in [1.54, 1.807) is 12.1 Å². The summed E-state index contributed by atoms with van der Waals surface area (Å²) in [6, 6.07) is 18.0. The van der Waals surface area contributed by atoms with Crippen LogP contribution in [0.5, 0.6) is 11.5 Å². The molecule has 0 aliphatic heterocycles. The van der Waals surface area contributed by atoms with Crippen molar-refractivity contribution in [2.24, 2.45) is 0 Å². The molecule has 0 saturated heterocycles. The summed E-state index contributed by atoms with van der Waals surface area (Å²) in [5.74, 6) is -1.50. The predicted octanol–water partition coefficient (Wildman–Crippen LogP) is 4.46. The Labute approximate surface area is 181 Å². The first-order valence-corrected chi connectivity index (χ1v) is 9.80. The van der Waals surface area contributed by atoms with Crippen LogP contribution in [0.4, 0.5) is 0 Å². The number of carboxylic acid groups (broad SMARTS) is 1. The van der Waals surface area contributed by atoms with Gasteiger partial charge in [-0.15, -0.1) is 0 Å². The van der Waals surface area contributed by atoms with Gasteiger partial charge < -0.3 is 14.6 Å². The highest BCUT2D eigenvalue weighted by Crippen LogP contribution is 2.25. The van der Waals surface area contributed by atoms with Gasteiger partial charge in [-0.2, -0.15) is 0 Å². The molecule has 0 bridgehead atoms. The largest absolute Gasteiger partial charge is 0.478 e. The number of thioether (sulfide) groups is 1. The van der Waals surface area contributed by atoms with Crippen molar-refractivity contribution in [1.82, 2.24) is 0 Å². The fourth-order valence-electron chi connectivity index (χ4n) is 2.48. The number of aromatic carboxylic acids is 1. The number of hydrogen-bond acceptors (Lipinski definition) is 7. The number of benzene rings is 3. The summed E-state index contributed by atoms with van der Waals surface area (Å²) in [6.07, 6.45) is 0. The molecule has 0 saturated carbocycles. The molecule has 0 radical (unpaired) electrons. The Balaban J connectivity index is 1.60. The summed E-state index contributed by atoms with van der Waals surface area (Å²) in [6.45, 7) is 1.28. The topological polar surface area (TPSA) is 107 Å². The van der Waals surface area contributed by atoms with Crippen LogP contribution < -0.4 is 9.47 Å². The Morgan fingerprint density at radius 3 is 1.68 bits per heavy atom. The Bertz CT molecular complexity index is 1120. The molecule has 156 valence electrons. The second-order valence-electron chi connectivity index (χ2n) is 6.25. The lowest BCUT2D eigenvalue weighted by Gasteiger charge is -2.07. The number of hydrogen-bond donors (Lipinski definition) is 1. The first-order chi connectivity index (χ1) is 14.8. The number of ether oxygens (including phenoxy) is 2. The Morgan fingerprint density at radius 2 is 1.16 bits per heavy atom. The zero-order valence-electron chi connectivity index (χ0n) is 16.2. The van der Waals surface area contributed by atoms with Crippen molar-refractivity contribution in [2.45, 2.75) is 11.8 Å². The van der Waals surface area contributed by atoms with Gasteiger partial charge in [0.25, 0.3) is 0 Å². The van der Waals surface area contributed by atoms with Crippen LogP contribution in [0.15, 0.2) is 77.7 Å². The number of carboxylic acids is 1. The zero-order valence-corrected chi connectivity index (χ0v) is 17.0. The molecule has 0 amide bonds. The van der Waals surface area contributed by atoms with Crippen LogP contribution in [-0.2, 0) is 4.79 Å². The lowest BCUT2D eigenvalue weighted by molar-refractivity contribution is -0.131. The molecular formula is C23H16O7S. The van der Waals surface area contributed by atoms with Gasteiger partial charge in [-0.3, -0.25) is 9.59 Å². The maximum absolute atomic E-state index is 12.4. The molecule has 31 heavy (non-hydrogen) atoms. The van der Waals surface area contributed by atoms with Crippen LogP contribution in [0.3, 0.4) is 0 Å². The minimum absolute atomic E-state index is 0.143. The van der Waals surface area contributed by atoms with E-state index in [1.807, 2.05) is 0 Å². The van der Waals surface area contributed by atoms with Crippen molar-refractivity contribution < 1.29 is 33.8 Å². The number of carbonyl (C=O) groups is 4. The lowest BCUT2D eigenvalue weighted by atomic mass is 10.2. The molecule has 0 aliphatic carbocycles. The third-order valence-electron chi connectivity index (χ3n) is 3.96. The van der Waals surface area contributed by atoms with Crippen molar-refractivity contribution in [1.29, 1.82) is 0 Å². The van der Waals surface area contributed by atoms with Crippen LogP contribution in [0, 0.1) is 0 Å². The minimum Gasteiger partial charge on any atom is -0.478 e. The molecule has 1 N–H and O–H groups in total. The third-order valence-corrected chi connectivity index (χ3v) is 4.89. The molecule has 0 atom stereocenters. The monoisotopic (exact) mass is 436 g/mol. The molecular weight excluding hydrogens is 420 g/mol. The fourth-order valence-corrected chi connectivity index (χ4v) is 3.22. The van der Waals surface area contributed by atoms with Gasteiger partial charge in [0.1, 0.15) is 11.5 Å². The number of rotatable bonds is 6. The van der Waals surface area contributed by atoms with E-state index in [0.717, 1.165) is 11.8 Å². The first kappa shape index (κ1) is 21.8. The van der Waals surface area contributed by atoms with E-state index < -0.39 is 17.9 Å². The number of carbonyl (C=O) groups excluding carboxylic acids is 3. The first-order valence-electron chi connectivity index (χ1n) is 8.98. The molecule has 3 aromatic carbocycles. The smallest absolute Gasteiger partial charge is 0.343 e. The average molecular weight is 436 g/mol. The van der Waals surface area contributed by atoms with E-state index in [-0.39, 0.29) is 22.0 Å². The predicted molar refractivity (Wildman–Crippen MR) is 113 cm³/mol. The lowest BCUT2D eigenvalue weighted by Crippen LogP contribution is -2.09. The van der Waals surface area contributed by atoms with Crippen LogP contribution >= 0.6 is 11.8 Å². The zero-order chi connectivity index (χ0) is 22.4. The standard InChI is InChI=1S/C23H16O7S/c1-14(24)29-18-8-2-16(3-9-18)22(27)30-19-10-4-17(5-11-19)23(28)31-20-12-6-15(7-13-20)21(25)26/h2-13H,1H3,(H,25,26). The molecule has 3 aromatic rings. The molecule has 0 heterocycles. The summed E-state index contributed by atoms with van der Waals surface area (Å²) >= 11 is 0.964. The SMILES string of the molecule is CC(=O)Oc1ccc(C(=O)Oc2ccc(C(=O)Sc3ccc(C(=O)O)cc3)cc2)cc1. The third kappa shape index (κ3) is 6.03. The Hall–Kier alpha value is -3.91. The van der Waals surface area contributed by atoms with Crippen molar-refractivity contribution in [2.75, 3.05) is 0 Å². The molecule has 8 heteroatoms. The van der Waals surface area contributed by atoms with Crippen LogP contribution in [0.1, 0.15) is 38.0 Å². The minimum atomic E-state index is -1.03. The maximum atomic E-state index is 12.4. The molecule has 0 spiro atoms. The van der Waals surface area contributed by atoms with Gasteiger partial charge in [-0.05, 0) is 84.6 Å². The fraction of sp³-hybridized carbons (Fsp3) is 0.0435. The molecule has 0 aromatic heterocycles. The highest BCUT2D eigenvalue weighted by Gasteiger charge is 2.12. The van der Waals surface area contributed by atoms with Crippen molar-refractivity contribution >= 4 is 34.8 Å². The van der Waals surface area contributed by atoms with E-state index in [0.29, 0.717) is 16.2 Å². The quantitative estimate of drug-likeness (QED) is 0.343. The summed E-state index contributed by atoms with van der Waals surface area (Å²) in [7, 11) is 0. The van der Waals surface area contributed by atoms with Gasteiger partial charge >= 0.3 is 17.9 Å². The summed E-state index contributed by atoms with van der Waals surface area (Å²) in [4.78, 5) is 47.1. The van der Waals surface area contributed by atoms with Gasteiger partial charge in [0.15, 0.2) is 0 Å². The van der Waals surface area contributed by atoms with Gasteiger partial charge in [0, 0.05) is 17.4 Å². The molecule has 0 aliphatic rings. The highest BCUT2D eigenvalue weighted by molar-refractivity contribution is 8.14. The van der Waals surface area contributed by atoms with E-state index >= 15 is 0 Å². The van der Waals surface area contributed by atoms with E-state index in [1.165, 1.54) is 67.6 Å². The second kappa shape index (κ2) is 9.73. The summed E-state index contributed by atoms with van der Waals surface area (Å²) in [5, 5.41) is 8.68. The number of esters is 2. The molecule has 3 rings (SSSR count). The van der Waals surface area contributed by atoms with E-state index in [2.05, 4.69) is 0 Å². The molecule has 0 unspecified atom stereocenters. The molecule has 0 fully saturated rings. The average Bonchev–Trinajstić information content (AvgIpc) is 2.74. The normalized spacial score (nSPS) is 10.2. The summed E-state index contributed by atoms with van der Waals surface area (Å²) in [5.41, 5.74) is 0.818. The Kier molecular flexibility index (Phi) is 6.84. The highest BCUT2D eigenvalue weighted by atomic mass is 32.2. The summed E-state index contributed by atoms with van der Waals surface area (Å²) < 4.78 is 10.2. The maximum Gasteiger partial charge on any atom is 0.343 e. The van der Waals surface area contributed by atoms with Gasteiger partial charge in [0.2, 0.25) is 5.12 Å². The van der Waals surface area contributed by atoms with Crippen LogP contribution in [0.2, 0.25) is 0 Å². The second-order valence-corrected chi connectivity index (χ2v) is 7.30. The van der Waals surface area contributed by atoms with E-state index in [9.17, 15) is 19.2 Å². The van der Waals surface area contributed by atoms with Gasteiger partial charge in [-0.25, -0.2) is 9.59 Å². The van der Waals surface area contributed by atoms with Crippen molar-refractivity contribution in [3.05, 3.63) is 89.5 Å². The van der Waals surface area contributed by atoms with Crippen molar-refractivity contribution in [3.63, 3.8) is 0 Å². The van der Waals surface area contributed by atoms with Gasteiger partial charge in [0.05, 0.1) is 11.1 Å². The van der Waals surface area contributed by atoms with E-state index in [4.69, 9.17) is 14.6 Å². The van der Waals surface area contributed by atoms with Crippen molar-refractivity contribution in [3.8, 4) is 11.5 Å². The van der Waals surface area contributed by atoms with Crippen LogP contribution in [-0.4, -0.2) is 28.1 Å². The van der Waals surface area contributed by atoms with Gasteiger partial charge in [-0.1, -0.05) is 0 Å². The Morgan fingerprint density at radius 1 is 0.677 bits per heavy atom. The molecule has 7 nitrogen and oxygen atoms in total. The van der Waals surface area contributed by atoms with Crippen LogP contribution in [0.25, 0.3) is 0 Å².